The lowest BCUT2D eigenvalue weighted by Crippen LogP contribution is -2.24. The molecule has 20 heavy (non-hydrogen) atoms. The summed E-state index contributed by atoms with van der Waals surface area (Å²) in [6, 6.07) is 5.44. The molecule has 0 aliphatic rings. The maximum atomic E-state index is 12.7. The Bertz CT molecular complexity index is 442. The molecule has 0 saturated heterocycles. The van der Waals surface area contributed by atoms with Gasteiger partial charge in [-0.05, 0) is 53.7 Å². The van der Waals surface area contributed by atoms with E-state index in [0.717, 1.165) is 0 Å². The van der Waals surface area contributed by atoms with Gasteiger partial charge in [0.1, 0.15) is 6.61 Å². The monoisotopic (exact) mass is 301 g/mol. The average molecular weight is 301 g/mol. The van der Waals surface area contributed by atoms with Gasteiger partial charge >= 0.3 is 7.82 Å². The van der Waals surface area contributed by atoms with Crippen LogP contribution in [0.2, 0.25) is 0 Å². The number of hydrogen-bond acceptors (Lipinski definition) is 5. The summed E-state index contributed by atoms with van der Waals surface area (Å²) >= 11 is 0. The van der Waals surface area contributed by atoms with E-state index in [-0.39, 0.29) is 6.61 Å². The number of aromatic nitrogens is 1. The van der Waals surface area contributed by atoms with Crippen molar-refractivity contribution in [2.45, 2.75) is 59.4 Å². The molecule has 0 saturated carbocycles. The molecule has 0 radical (unpaired) electrons. The summed E-state index contributed by atoms with van der Waals surface area (Å²) in [6.07, 6.45) is 1.65. The van der Waals surface area contributed by atoms with Crippen LogP contribution in [0.5, 0.6) is 0 Å². The second-order valence-electron chi connectivity index (χ2n) is 6.45. The van der Waals surface area contributed by atoms with Gasteiger partial charge in [-0.25, -0.2) is 4.57 Å². The zero-order chi connectivity index (χ0) is 15.4. The summed E-state index contributed by atoms with van der Waals surface area (Å²) in [5, 5.41) is 0. The van der Waals surface area contributed by atoms with E-state index in [2.05, 4.69) is 4.98 Å². The first kappa shape index (κ1) is 17.3. The third-order valence-electron chi connectivity index (χ3n) is 1.87. The van der Waals surface area contributed by atoms with E-state index in [1.165, 1.54) is 0 Å². The van der Waals surface area contributed by atoms with Crippen molar-refractivity contribution in [1.82, 2.24) is 4.98 Å². The molecule has 1 aromatic heterocycles. The summed E-state index contributed by atoms with van der Waals surface area (Å²) in [7, 11) is -3.67. The molecule has 0 aliphatic carbocycles. The Balaban J connectivity index is 2.80. The molecule has 6 heteroatoms. The normalized spacial score (nSPS) is 13.5. The molecule has 1 heterocycles. The second-order valence-corrected chi connectivity index (χ2v) is 7.97. The predicted octanol–water partition coefficient (Wildman–Crippen LogP) is 4.34. The Morgan fingerprint density at radius 3 is 2.00 bits per heavy atom. The third kappa shape index (κ3) is 7.15. The fraction of sp³-hybridized carbons (Fsp3) is 0.643. The van der Waals surface area contributed by atoms with E-state index in [1.54, 1.807) is 59.9 Å². The molecule has 114 valence electrons. The summed E-state index contributed by atoms with van der Waals surface area (Å²) in [4.78, 5) is 4.12. The highest BCUT2D eigenvalue weighted by Crippen LogP contribution is 2.55. The van der Waals surface area contributed by atoms with Gasteiger partial charge in [0.15, 0.2) is 0 Å². The topological polar surface area (TPSA) is 57.7 Å². The molecule has 0 amide bonds. The van der Waals surface area contributed by atoms with Gasteiger partial charge in [0, 0.05) is 6.20 Å². The van der Waals surface area contributed by atoms with E-state index in [9.17, 15) is 4.57 Å². The maximum absolute atomic E-state index is 12.7. The van der Waals surface area contributed by atoms with Crippen LogP contribution in [-0.2, 0) is 24.7 Å². The molecular formula is C14H24NO4P. The van der Waals surface area contributed by atoms with Gasteiger partial charge in [-0.2, -0.15) is 0 Å². The molecule has 0 bridgehead atoms. The van der Waals surface area contributed by atoms with Gasteiger partial charge in [-0.3, -0.25) is 18.6 Å². The van der Waals surface area contributed by atoms with Crippen LogP contribution in [0.3, 0.4) is 0 Å². The van der Waals surface area contributed by atoms with Crippen molar-refractivity contribution in [1.29, 1.82) is 0 Å². The lowest BCUT2D eigenvalue weighted by Gasteiger charge is -2.30. The van der Waals surface area contributed by atoms with Crippen LogP contribution in [0, 0.1) is 0 Å². The largest absolute Gasteiger partial charge is 0.476 e. The van der Waals surface area contributed by atoms with Crippen molar-refractivity contribution in [2.24, 2.45) is 0 Å². The lowest BCUT2D eigenvalue weighted by atomic mass is 10.2. The number of nitrogens with zero attached hydrogens (tertiary/aromatic N) is 1. The standard InChI is InChI=1S/C14H24NO4P/c1-13(2,3)18-20(16,19-14(4,5)6)17-11-12-9-7-8-10-15-12/h7-10H,11H2,1-6H3. The fourth-order valence-electron chi connectivity index (χ4n) is 1.37. The minimum Gasteiger partial charge on any atom is -0.281 e. The minimum absolute atomic E-state index is 0.0737. The first-order valence-electron chi connectivity index (χ1n) is 6.55. The molecule has 1 aromatic rings. The Kier molecular flexibility index (Phi) is 5.50. The quantitative estimate of drug-likeness (QED) is 0.757. The van der Waals surface area contributed by atoms with Crippen molar-refractivity contribution >= 4 is 7.82 Å². The number of phosphoric ester groups is 1. The maximum Gasteiger partial charge on any atom is 0.476 e. The zero-order valence-corrected chi connectivity index (χ0v) is 13.9. The van der Waals surface area contributed by atoms with E-state index in [4.69, 9.17) is 13.6 Å². The highest BCUT2D eigenvalue weighted by Gasteiger charge is 2.37. The number of hydrogen-bond donors (Lipinski definition) is 0. The van der Waals surface area contributed by atoms with Crippen LogP contribution in [0.1, 0.15) is 47.2 Å². The van der Waals surface area contributed by atoms with Crippen molar-refractivity contribution in [3.63, 3.8) is 0 Å². The van der Waals surface area contributed by atoms with Gasteiger partial charge in [0.25, 0.3) is 0 Å². The first-order chi connectivity index (χ1) is 8.99. The lowest BCUT2D eigenvalue weighted by molar-refractivity contribution is 0.000507. The Hall–Kier alpha value is -0.740. The molecule has 5 nitrogen and oxygen atoms in total. The van der Waals surface area contributed by atoms with Crippen molar-refractivity contribution < 1.29 is 18.1 Å². The van der Waals surface area contributed by atoms with Crippen LogP contribution < -0.4 is 0 Å². The average Bonchev–Trinajstić information content (AvgIpc) is 2.23. The van der Waals surface area contributed by atoms with Gasteiger partial charge in [0.2, 0.25) is 0 Å². The fourth-order valence-corrected chi connectivity index (χ4v) is 3.15. The van der Waals surface area contributed by atoms with Crippen LogP contribution in [0.15, 0.2) is 24.4 Å². The van der Waals surface area contributed by atoms with E-state index < -0.39 is 19.0 Å². The van der Waals surface area contributed by atoms with Gasteiger partial charge in [-0.15, -0.1) is 0 Å². The first-order valence-corrected chi connectivity index (χ1v) is 8.01. The predicted molar refractivity (Wildman–Crippen MR) is 78.3 cm³/mol. The minimum atomic E-state index is -3.67. The van der Waals surface area contributed by atoms with Gasteiger partial charge < -0.3 is 0 Å². The van der Waals surface area contributed by atoms with Crippen molar-refractivity contribution in [3.05, 3.63) is 30.1 Å². The summed E-state index contributed by atoms with van der Waals surface area (Å²) in [6.45, 7) is 10.9. The van der Waals surface area contributed by atoms with E-state index in [0.29, 0.717) is 5.69 Å². The smallest absolute Gasteiger partial charge is 0.281 e. The highest BCUT2D eigenvalue weighted by atomic mass is 31.2. The molecule has 0 aromatic carbocycles. The summed E-state index contributed by atoms with van der Waals surface area (Å²) < 4.78 is 29.2. The molecule has 0 atom stereocenters. The Labute approximate surface area is 121 Å². The van der Waals surface area contributed by atoms with Crippen LogP contribution >= 0.6 is 7.82 Å². The van der Waals surface area contributed by atoms with E-state index >= 15 is 0 Å². The number of pyridine rings is 1. The molecule has 0 aliphatic heterocycles. The zero-order valence-electron chi connectivity index (χ0n) is 13.0. The Morgan fingerprint density at radius 2 is 1.60 bits per heavy atom. The van der Waals surface area contributed by atoms with Crippen molar-refractivity contribution in [3.8, 4) is 0 Å². The molecule has 0 N–H and O–H groups in total. The molecular weight excluding hydrogens is 277 g/mol. The molecule has 0 spiro atoms. The van der Waals surface area contributed by atoms with Gasteiger partial charge in [0.05, 0.1) is 16.9 Å². The van der Waals surface area contributed by atoms with Crippen molar-refractivity contribution in [2.75, 3.05) is 0 Å². The summed E-state index contributed by atoms with van der Waals surface area (Å²) in [5.41, 5.74) is -0.599. The molecule has 0 unspecified atom stereocenters. The molecule has 0 fully saturated rings. The van der Waals surface area contributed by atoms with Gasteiger partial charge in [-0.1, -0.05) is 6.07 Å². The third-order valence-corrected chi connectivity index (χ3v) is 3.86. The number of phosphoric acid groups is 1. The van der Waals surface area contributed by atoms with Crippen LogP contribution in [0.25, 0.3) is 0 Å². The van der Waals surface area contributed by atoms with E-state index in [1.807, 2.05) is 6.07 Å². The van der Waals surface area contributed by atoms with Crippen LogP contribution in [-0.4, -0.2) is 16.2 Å². The van der Waals surface area contributed by atoms with Crippen LogP contribution in [0.4, 0.5) is 0 Å². The second kappa shape index (κ2) is 6.35. The molecule has 1 rings (SSSR count). The highest BCUT2D eigenvalue weighted by molar-refractivity contribution is 7.48. The number of rotatable bonds is 5. The SMILES string of the molecule is CC(C)(C)OP(=O)(OCc1ccccn1)OC(C)(C)C. The summed E-state index contributed by atoms with van der Waals surface area (Å²) in [5.74, 6) is 0. The Morgan fingerprint density at radius 1 is 1.05 bits per heavy atom.